The number of para-hydroxylation sites is 2. The van der Waals surface area contributed by atoms with Crippen LogP contribution in [0, 0.1) is 10.1 Å². The van der Waals surface area contributed by atoms with E-state index in [-0.39, 0.29) is 11.4 Å². The number of phenolic OH excluding ortho intramolecular Hbond substituents is 1. The van der Waals surface area contributed by atoms with Gasteiger partial charge in [0, 0.05) is 23.4 Å². The Balaban J connectivity index is 1.60. The molecule has 37 heavy (non-hydrogen) atoms. The molecule has 0 radical (unpaired) electrons. The van der Waals surface area contributed by atoms with E-state index < -0.39 is 16.9 Å². The van der Waals surface area contributed by atoms with Crippen molar-refractivity contribution >= 4 is 23.2 Å². The molecule has 11 nitrogen and oxygen atoms in total. The van der Waals surface area contributed by atoms with E-state index in [4.69, 9.17) is 4.74 Å². The van der Waals surface area contributed by atoms with Crippen LogP contribution in [-0.4, -0.2) is 37.8 Å². The van der Waals surface area contributed by atoms with Crippen LogP contribution in [0.2, 0.25) is 0 Å². The molecule has 11 heteroatoms. The number of anilines is 2. The van der Waals surface area contributed by atoms with E-state index in [0.29, 0.717) is 45.6 Å². The summed E-state index contributed by atoms with van der Waals surface area (Å²) in [7, 11) is 1.52. The molecule has 1 aromatic heterocycles. The van der Waals surface area contributed by atoms with Gasteiger partial charge in [-0.15, -0.1) is 5.10 Å². The minimum Gasteiger partial charge on any atom is -0.508 e. The highest BCUT2D eigenvalue weighted by Gasteiger charge is 2.35. The third-order valence-corrected chi connectivity index (χ3v) is 6.00. The maximum atomic E-state index is 13.7. The second kappa shape index (κ2) is 9.46. The van der Waals surface area contributed by atoms with Gasteiger partial charge in [-0.2, -0.15) is 4.98 Å². The van der Waals surface area contributed by atoms with E-state index in [1.165, 1.54) is 31.4 Å². The molecule has 3 aromatic carbocycles. The zero-order chi connectivity index (χ0) is 26.1. The second-order valence-electron chi connectivity index (χ2n) is 8.32. The van der Waals surface area contributed by atoms with E-state index >= 15 is 0 Å². The monoisotopic (exact) mass is 498 g/mol. The van der Waals surface area contributed by atoms with Gasteiger partial charge in [-0.1, -0.05) is 12.1 Å². The Hall–Kier alpha value is -5.19. The normalized spacial score (nSPS) is 14.5. The molecular weight excluding hydrogens is 476 g/mol. The zero-order valence-electron chi connectivity index (χ0n) is 19.9. The van der Waals surface area contributed by atoms with Gasteiger partial charge in [-0.3, -0.25) is 14.9 Å². The van der Waals surface area contributed by atoms with Gasteiger partial charge in [0.2, 0.25) is 5.95 Å². The molecular formula is C26H22N6O5. The number of aromatic nitrogens is 3. The molecule has 0 aliphatic carbocycles. The lowest BCUT2D eigenvalue weighted by atomic mass is 9.95. The molecule has 0 saturated heterocycles. The molecule has 1 unspecified atom stereocenters. The number of nitro benzene ring substituents is 1. The van der Waals surface area contributed by atoms with Gasteiger partial charge in [0.1, 0.15) is 17.5 Å². The van der Waals surface area contributed by atoms with Crippen molar-refractivity contribution in [2.24, 2.45) is 0 Å². The first-order valence-corrected chi connectivity index (χ1v) is 11.3. The number of aromatic hydroxyl groups is 1. The lowest BCUT2D eigenvalue weighted by Gasteiger charge is -2.28. The van der Waals surface area contributed by atoms with Crippen LogP contribution in [0.1, 0.15) is 18.5 Å². The van der Waals surface area contributed by atoms with Crippen LogP contribution in [0.5, 0.6) is 11.5 Å². The number of amides is 1. The Labute approximate surface area is 211 Å². The fraction of sp³-hybridized carbons (Fsp3) is 0.115. The van der Waals surface area contributed by atoms with Crippen LogP contribution in [-0.2, 0) is 4.79 Å². The number of non-ortho nitro benzene ring substituents is 1. The molecule has 3 N–H and O–H groups in total. The van der Waals surface area contributed by atoms with Gasteiger partial charge in [0.05, 0.1) is 23.3 Å². The first-order valence-electron chi connectivity index (χ1n) is 11.3. The summed E-state index contributed by atoms with van der Waals surface area (Å²) >= 11 is 0. The molecule has 4 aromatic rings. The van der Waals surface area contributed by atoms with Crippen LogP contribution in [0.4, 0.5) is 17.3 Å². The first kappa shape index (κ1) is 23.5. The summed E-state index contributed by atoms with van der Waals surface area (Å²) in [4.78, 5) is 29.0. The molecule has 1 aliphatic heterocycles. The third kappa shape index (κ3) is 4.45. The Morgan fingerprint density at radius 3 is 2.49 bits per heavy atom. The van der Waals surface area contributed by atoms with E-state index in [9.17, 15) is 20.0 Å². The van der Waals surface area contributed by atoms with Crippen LogP contribution in [0.25, 0.3) is 11.4 Å². The number of fused-ring (bicyclic) bond motifs is 1. The lowest BCUT2D eigenvalue weighted by molar-refractivity contribution is -0.384. The molecule has 0 bridgehead atoms. The number of rotatable bonds is 6. The van der Waals surface area contributed by atoms with Crippen LogP contribution < -0.4 is 15.4 Å². The van der Waals surface area contributed by atoms with Crippen molar-refractivity contribution in [1.29, 1.82) is 0 Å². The number of methoxy groups -OCH3 is 1. The first-order chi connectivity index (χ1) is 17.9. The summed E-state index contributed by atoms with van der Waals surface area (Å²) in [5, 5.41) is 31.6. The van der Waals surface area contributed by atoms with Crippen molar-refractivity contribution in [1.82, 2.24) is 14.8 Å². The van der Waals surface area contributed by atoms with Crippen molar-refractivity contribution < 1.29 is 19.6 Å². The van der Waals surface area contributed by atoms with Gasteiger partial charge in [0.15, 0.2) is 5.82 Å². The Bertz CT molecular complexity index is 1530. The highest BCUT2D eigenvalue weighted by atomic mass is 16.6. The SMILES string of the molecule is COc1ccccc1NC(=O)C1=C(C)Nc2nc(-c3ccc(O)cc3)nn2C1c1ccc([N+](=O)[O-])cc1. The van der Waals surface area contributed by atoms with E-state index in [1.807, 2.05) is 0 Å². The smallest absolute Gasteiger partial charge is 0.269 e. The number of benzene rings is 3. The molecule has 5 rings (SSSR count). The topological polar surface area (TPSA) is 144 Å². The summed E-state index contributed by atoms with van der Waals surface area (Å²) in [6.45, 7) is 1.76. The highest BCUT2D eigenvalue weighted by molar-refractivity contribution is 6.06. The summed E-state index contributed by atoms with van der Waals surface area (Å²) in [6.07, 6.45) is 0. The standard InChI is InChI=1S/C26H22N6O5/c1-15-22(25(34)28-20-5-3-4-6-21(20)37-2)23(16-7-11-18(12-8-16)32(35)36)31-26(27-15)29-24(30-31)17-9-13-19(33)14-10-17/h3-14,23,33H,1-2H3,(H,28,34)(H,27,29,30). The number of hydrogen-bond donors (Lipinski definition) is 3. The van der Waals surface area contributed by atoms with E-state index in [2.05, 4.69) is 20.7 Å². The van der Waals surface area contributed by atoms with Crippen molar-refractivity contribution in [3.63, 3.8) is 0 Å². The number of nitrogens with zero attached hydrogens (tertiary/aromatic N) is 4. The number of nitrogens with one attached hydrogen (secondary N) is 2. The lowest BCUT2D eigenvalue weighted by Crippen LogP contribution is -2.31. The largest absolute Gasteiger partial charge is 0.508 e. The summed E-state index contributed by atoms with van der Waals surface area (Å²) in [5.74, 6) is 1.000. The molecule has 1 amide bonds. The molecule has 2 heterocycles. The van der Waals surface area contributed by atoms with E-state index in [1.54, 1.807) is 60.1 Å². The number of allylic oxidation sites excluding steroid dienone is 1. The highest BCUT2D eigenvalue weighted by Crippen LogP contribution is 2.38. The fourth-order valence-electron chi connectivity index (χ4n) is 4.20. The fourth-order valence-corrected chi connectivity index (χ4v) is 4.20. The van der Waals surface area contributed by atoms with Crippen molar-refractivity contribution in [3.05, 3.63) is 99.7 Å². The average molecular weight is 498 g/mol. The van der Waals surface area contributed by atoms with Crippen molar-refractivity contribution in [2.75, 3.05) is 17.7 Å². The Morgan fingerprint density at radius 1 is 1.11 bits per heavy atom. The van der Waals surface area contributed by atoms with Crippen molar-refractivity contribution in [3.8, 4) is 22.9 Å². The van der Waals surface area contributed by atoms with Crippen LogP contribution >= 0.6 is 0 Å². The van der Waals surface area contributed by atoms with Crippen LogP contribution in [0.3, 0.4) is 0 Å². The number of phenols is 1. The summed E-state index contributed by atoms with van der Waals surface area (Å²) in [5.41, 5.74) is 2.61. The molecule has 0 fully saturated rings. The maximum absolute atomic E-state index is 13.7. The van der Waals surface area contributed by atoms with Gasteiger partial charge >= 0.3 is 0 Å². The predicted octanol–water partition coefficient (Wildman–Crippen LogP) is 4.50. The van der Waals surface area contributed by atoms with Gasteiger partial charge in [-0.25, -0.2) is 4.68 Å². The van der Waals surface area contributed by atoms with E-state index in [0.717, 1.165) is 0 Å². The molecule has 186 valence electrons. The average Bonchev–Trinajstić information content (AvgIpc) is 3.32. The number of nitro groups is 1. The molecule has 1 aliphatic rings. The minimum absolute atomic E-state index is 0.0676. The second-order valence-corrected chi connectivity index (χ2v) is 8.32. The summed E-state index contributed by atoms with van der Waals surface area (Å²) in [6, 6.07) is 18.7. The molecule has 1 atom stereocenters. The predicted molar refractivity (Wildman–Crippen MR) is 136 cm³/mol. The number of carbonyl (C=O) groups excluding carboxylic acids is 1. The quantitative estimate of drug-likeness (QED) is 0.260. The van der Waals surface area contributed by atoms with Gasteiger partial charge in [-0.05, 0) is 61.0 Å². The Morgan fingerprint density at radius 2 is 1.81 bits per heavy atom. The number of hydrogen-bond acceptors (Lipinski definition) is 8. The van der Waals surface area contributed by atoms with Gasteiger partial charge < -0.3 is 20.5 Å². The molecule has 0 saturated carbocycles. The third-order valence-electron chi connectivity index (χ3n) is 6.00. The number of ether oxygens (including phenoxy) is 1. The molecule has 0 spiro atoms. The summed E-state index contributed by atoms with van der Waals surface area (Å²) < 4.78 is 6.95. The maximum Gasteiger partial charge on any atom is 0.269 e. The zero-order valence-corrected chi connectivity index (χ0v) is 19.9. The van der Waals surface area contributed by atoms with Gasteiger partial charge in [0.25, 0.3) is 11.6 Å². The Kier molecular flexibility index (Phi) is 6.02. The van der Waals surface area contributed by atoms with Crippen molar-refractivity contribution in [2.45, 2.75) is 13.0 Å². The minimum atomic E-state index is -0.731. The van der Waals surface area contributed by atoms with Crippen LogP contribution in [0.15, 0.2) is 84.1 Å². The number of carbonyl (C=O) groups is 1.